The smallest absolute Gasteiger partial charge is 0.229 e. The summed E-state index contributed by atoms with van der Waals surface area (Å²) >= 11 is 0. The van der Waals surface area contributed by atoms with Crippen LogP contribution in [0.2, 0.25) is 6.82 Å². The van der Waals surface area contributed by atoms with Crippen molar-refractivity contribution >= 4 is 28.5 Å². The summed E-state index contributed by atoms with van der Waals surface area (Å²) in [6.07, 6.45) is 1.13. The van der Waals surface area contributed by atoms with Gasteiger partial charge in [0.2, 0.25) is 10.0 Å². The zero-order valence-electron chi connectivity index (χ0n) is 7.61. The van der Waals surface area contributed by atoms with Crippen LogP contribution in [0.3, 0.4) is 0 Å². The van der Waals surface area contributed by atoms with E-state index in [0.717, 1.165) is 11.7 Å². The van der Waals surface area contributed by atoms with E-state index in [4.69, 9.17) is 0 Å². The highest BCUT2D eigenvalue weighted by atomic mass is 32.2. The molecule has 1 rings (SSSR count). The third-order valence-corrected chi connectivity index (χ3v) is 2.15. The number of anilines is 1. The summed E-state index contributed by atoms with van der Waals surface area (Å²) in [4.78, 5) is 0. The summed E-state index contributed by atoms with van der Waals surface area (Å²) in [7, 11) is -1.21. The van der Waals surface area contributed by atoms with E-state index in [9.17, 15) is 8.42 Å². The highest BCUT2D eigenvalue weighted by Crippen LogP contribution is 2.05. The van der Waals surface area contributed by atoms with Crippen molar-refractivity contribution in [3.8, 4) is 0 Å². The van der Waals surface area contributed by atoms with Gasteiger partial charge in [-0.15, -0.1) is 0 Å². The predicted octanol–water partition coefficient (Wildman–Crippen LogP) is 0.436. The van der Waals surface area contributed by atoms with Crippen LogP contribution >= 0.6 is 0 Å². The number of hydrogen-bond acceptors (Lipinski definition) is 2. The fourth-order valence-electron chi connectivity index (χ4n) is 0.958. The van der Waals surface area contributed by atoms with Gasteiger partial charge in [0, 0.05) is 5.69 Å². The highest BCUT2D eigenvalue weighted by molar-refractivity contribution is 7.92. The summed E-state index contributed by atoms with van der Waals surface area (Å²) < 4.78 is 24.1. The monoisotopic (exact) mass is 196 g/mol. The van der Waals surface area contributed by atoms with Crippen LogP contribution in [0.4, 0.5) is 5.69 Å². The van der Waals surface area contributed by atoms with E-state index in [1.54, 1.807) is 12.1 Å². The second kappa shape index (κ2) is 3.83. The van der Waals surface area contributed by atoms with Crippen LogP contribution in [0.5, 0.6) is 0 Å². The average molecular weight is 196 g/mol. The molecule has 0 spiro atoms. The fourth-order valence-corrected chi connectivity index (χ4v) is 1.52. The van der Waals surface area contributed by atoms with Gasteiger partial charge in [-0.25, -0.2) is 8.42 Å². The molecule has 1 aromatic carbocycles. The van der Waals surface area contributed by atoms with Gasteiger partial charge in [-0.1, -0.05) is 24.4 Å². The molecule has 0 aromatic heterocycles. The minimum absolute atomic E-state index is 0.591. The van der Waals surface area contributed by atoms with Gasteiger partial charge in [0.15, 0.2) is 0 Å². The summed E-state index contributed by atoms with van der Waals surface area (Å²) in [6, 6.07) is 7.17. The normalized spacial score (nSPS) is 10.9. The van der Waals surface area contributed by atoms with E-state index in [1.165, 1.54) is 0 Å². The molecule has 0 fully saturated rings. The first kappa shape index (κ1) is 10.1. The number of rotatable bonds is 3. The highest BCUT2D eigenvalue weighted by Gasteiger charge is 2.00. The van der Waals surface area contributed by atoms with Crippen molar-refractivity contribution in [3.05, 3.63) is 24.3 Å². The Morgan fingerprint density at radius 1 is 1.23 bits per heavy atom. The van der Waals surface area contributed by atoms with Gasteiger partial charge in [-0.3, -0.25) is 4.72 Å². The van der Waals surface area contributed by atoms with E-state index in [0.29, 0.717) is 5.69 Å². The Bertz CT molecular complexity index is 372. The molecule has 1 radical (unpaired) electrons. The largest absolute Gasteiger partial charge is 0.284 e. The first-order valence-electron chi connectivity index (χ1n) is 3.88. The number of sulfonamides is 1. The molecule has 1 aromatic rings. The van der Waals surface area contributed by atoms with E-state index in [1.807, 2.05) is 26.2 Å². The number of hydrogen-bond donors (Lipinski definition) is 1. The molecule has 69 valence electrons. The summed E-state index contributed by atoms with van der Waals surface area (Å²) in [5.74, 6) is 0. The van der Waals surface area contributed by atoms with Crippen molar-refractivity contribution in [3.63, 3.8) is 0 Å². The Kier molecular flexibility index (Phi) is 2.98. The average Bonchev–Trinajstić information content (AvgIpc) is 2.03. The molecule has 13 heavy (non-hydrogen) atoms. The van der Waals surface area contributed by atoms with Gasteiger partial charge >= 0.3 is 0 Å². The van der Waals surface area contributed by atoms with Crippen molar-refractivity contribution in [2.75, 3.05) is 11.0 Å². The van der Waals surface area contributed by atoms with Crippen LogP contribution in [-0.2, 0) is 10.0 Å². The molecular weight excluding hydrogens is 185 g/mol. The van der Waals surface area contributed by atoms with Gasteiger partial charge in [-0.05, 0) is 12.1 Å². The lowest BCUT2D eigenvalue weighted by Gasteiger charge is -2.03. The predicted molar refractivity (Wildman–Crippen MR) is 56.2 cm³/mol. The Morgan fingerprint density at radius 3 is 2.15 bits per heavy atom. The SMILES string of the molecule is C[B]c1ccc(NS(C)(=O)=O)cc1. The molecule has 0 saturated heterocycles. The zero-order chi connectivity index (χ0) is 9.90. The van der Waals surface area contributed by atoms with Gasteiger partial charge in [-0.2, -0.15) is 0 Å². The van der Waals surface area contributed by atoms with Crippen molar-refractivity contribution in [1.29, 1.82) is 0 Å². The minimum atomic E-state index is -3.16. The molecule has 0 aliphatic heterocycles. The molecule has 0 aliphatic rings. The minimum Gasteiger partial charge on any atom is -0.284 e. The van der Waals surface area contributed by atoms with E-state index >= 15 is 0 Å². The fraction of sp³-hybridized carbons (Fsp3) is 0.250. The quantitative estimate of drug-likeness (QED) is 0.712. The lowest BCUT2D eigenvalue weighted by atomic mass is 9.73. The Labute approximate surface area is 79.5 Å². The summed E-state index contributed by atoms with van der Waals surface area (Å²) in [5.41, 5.74) is 1.66. The van der Waals surface area contributed by atoms with Crippen LogP contribution in [0, 0.1) is 0 Å². The molecule has 0 unspecified atom stereocenters. The Morgan fingerprint density at radius 2 is 1.77 bits per heavy atom. The Balaban J connectivity index is 2.81. The molecule has 0 heterocycles. The van der Waals surface area contributed by atoms with Gasteiger partial charge in [0.05, 0.1) is 6.26 Å². The maximum atomic E-state index is 10.8. The lowest BCUT2D eigenvalue weighted by Crippen LogP contribution is -2.12. The van der Waals surface area contributed by atoms with Crippen LogP contribution in [0.25, 0.3) is 0 Å². The molecule has 3 nitrogen and oxygen atoms in total. The van der Waals surface area contributed by atoms with Gasteiger partial charge < -0.3 is 0 Å². The molecule has 0 saturated carbocycles. The number of benzene rings is 1. The van der Waals surface area contributed by atoms with Crippen molar-refractivity contribution < 1.29 is 8.42 Å². The van der Waals surface area contributed by atoms with Crippen LogP contribution in [0.1, 0.15) is 0 Å². The number of nitrogens with one attached hydrogen (secondary N) is 1. The van der Waals surface area contributed by atoms with Crippen LogP contribution in [0.15, 0.2) is 24.3 Å². The summed E-state index contributed by atoms with van der Waals surface area (Å²) in [6.45, 7) is 1.93. The first-order chi connectivity index (χ1) is 6.01. The third-order valence-electron chi connectivity index (χ3n) is 1.55. The zero-order valence-corrected chi connectivity index (χ0v) is 8.43. The second-order valence-corrected chi connectivity index (χ2v) is 4.53. The van der Waals surface area contributed by atoms with Crippen molar-refractivity contribution in [2.24, 2.45) is 0 Å². The topological polar surface area (TPSA) is 46.2 Å². The molecular formula is C8H11BNO2S. The van der Waals surface area contributed by atoms with E-state index < -0.39 is 10.0 Å². The molecule has 0 bridgehead atoms. The van der Waals surface area contributed by atoms with Crippen LogP contribution < -0.4 is 10.2 Å². The molecule has 0 aliphatic carbocycles. The first-order valence-corrected chi connectivity index (χ1v) is 5.77. The second-order valence-electron chi connectivity index (χ2n) is 2.78. The summed E-state index contributed by atoms with van der Waals surface area (Å²) in [5, 5.41) is 0. The molecule has 0 atom stereocenters. The standard InChI is InChI=1S/C8H11BNO2S/c1-9-7-3-5-8(6-4-7)10-13(2,11)12/h3-6,10H,1-2H3. The van der Waals surface area contributed by atoms with Crippen molar-refractivity contribution in [2.45, 2.75) is 6.82 Å². The van der Waals surface area contributed by atoms with Crippen LogP contribution in [-0.4, -0.2) is 22.0 Å². The van der Waals surface area contributed by atoms with E-state index in [-0.39, 0.29) is 0 Å². The van der Waals surface area contributed by atoms with Crippen molar-refractivity contribution in [1.82, 2.24) is 0 Å². The van der Waals surface area contributed by atoms with Gasteiger partial charge in [0.25, 0.3) is 0 Å². The molecule has 1 N–H and O–H groups in total. The molecule has 5 heteroatoms. The Hall–Kier alpha value is -0.965. The van der Waals surface area contributed by atoms with Gasteiger partial charge in [0.1, 0.15) is 7.28 Å². The molecule has 0 amide bonds. The lowest BCUT2D eigenvalue weighted by molar-refractivity contribution is 0.607. The maximum Gasteiger partial charge on any atom is 0.229 e. The van der Waals surface area contributed by atoms with E-state index in [2.05, 4.69) is 4.72 Å². The maximum absolute atomic E-state index is 10.8. The third kappa shape index (κ3) is 3.50.